The average molecular weight is 288 g/mol. The van der Waals surface area contributed by atoms with Gasteiger partial charge in [0.2, 0.25) is 0 Å². The van der Waals surface area contributed by atoms with Crippen molar-refractivity contribution >= 4 is 28.7 Å². The zero-order valence-corrected chi connectivity index (χ0v) is 12.6. The molecule has 0 aliphatic heterocycles. The van der Waals surface area contributed by atoms with E-state index in [1.807, 2.05) is 26.0 Å². The molecular formula is C16H17FN2S. The molecule has 104 valence electrons. The van der Waals surface area contributed by atoms with Crippen LogP contribution in [0.4, 0.5) is 15.8 Å². The molecule has 0 bridgehead atoms. The molecule has 0 aromatic heterocycles. The third kappa shape index (κ3) is 3.78. The van der Waals surface area contributed by atoms with Gasteiger partial charge in [0, 0.05) is 11.4 Å². The third-order valence-electron chi connectivity index (χ3n) is 2.90. The lowest BCUT2D eigenvalue weighted by atomic mass is 10.1. The molecule has 2 aromatic rings. The highest BCUT2D eigenvalue weighted by atomic mass is 32.1. The molecule has 0 amide bonds. The zero-order valence-electron chi connectivity index (χ0n) is 11.8. The van der Waals surface area contributed by atoms with E-state index in [2.05, 4.69) is 16.7 Å². The molecule has 0 radical (unpaired) electrons. The minimum absolute atomic E-state index is 0.219. The fourth-order valence-electron chi connectivity index (χ4n) is 2.06. The topological polar surface area (TPSA) is 24.1 Å². The number of thiocarbonyl (C=S) groups is 1. The van der Waals surface area contributed by atoms with Crippen molar-refractivity contribution in [2.24, 2.45) is 0 Å². The normalized spacial score (nSPS) is 10.2. The fraction of sp³-hybridized carbons (Fsp3) is 0.188. The number of anilines is 2. The van der Waals surface area contributed by atoms with Crippen molar-refractivity contribution in [2.75, 3.05) is 10.6 Å². The van der Waals surface area contributed by atoms with Crippen LogP contribution >= 0.6 is 12.2 Å². The van der Waals surface area contributed by atoms with Gasteiger partial charge >= 0.3 is 0 Å². The van der Waals surface area contributed by atoms with Gasteiger partial charge in [-0.3, -0.25) is 0 Å². The Morgan fingerprint density at radius 1 is 0.900 bits per heavy atom. The predicted octanol–water partition coefficient (Wildman–Crippen LogP) is 4.56. The number of hydrogen-bond donors (Lipinski definition) is 2. The first-order valence-corrected chi connectivity index (χ1v) is 6.77. The average Bonchev–Trinajstić information content (AvgIpc) is 2.32. The Morgan fingerprint density at radius 3 is 2.10 bits per heavy atom. The number of rotatable bonds is 2. The van der Waals surface area contributed by atoms with Crippen LogP contribution in [0.15, 0.2) is 36.4 Å². The standard InChI is InChI=1S/C16H17FN2S/c1-10-6-11(2)8-14(7-10)19-16(20)18-13-4-5-15(17)12(3)9-13/h4-9H,1-3H3,(H2,18,19,20). The Labute approximate surface area is 124 Å². The summed E-state index contributed by atoms with van der Waals surface area (Å²) in [4.78, 5) is 0. The van der Waals surface area contributed by atoms with E-state index < -0.39 is 0 Å². The maximum Gasteiger partial charge on any atom is 0.175 e. The molecule has 2 rings (SSSR count). The van der Waals surface area contributed by atoms with Gasteiger partial charge in [-0.25, -0.2) is 4.39 Å². The second-order valence-electron chi connectivity index (χ2n) is 4.92. The summed E-state index contributed by atoms with van der Waals surface area (Å²) in [7, 11) is 0. The van der Waals surface area contributed by atoms with Gasteiger partial charge in [-0.1, -0.05) is 6.07 Å². The van der Waals surface area contributed by atoms with Crippen molar-refractivity contribution in [1.82, 2.24) is 0 Å². The maximum absolute atomic E-state index is 13.2. The smallest absolute Gasteiger partial charge is 0.175 e. The predicted molar refractivity (Wildman–Crippen MR) is 86.9 cm³/mol. The first-order chi connectivity index (χ1) is 9.44. The molecule has 0 fully saturated rings. The molecule has 2 nitrogen and oxygen atoms in total. The maximum atomic E-state index is 13.2. The van der Waals surface area contributed by atoms with E-state index in [0.717, 1.165) is 11.4 Å². The summed E-state index contributed by atoms with van der Waals surface area (Å²) in [5, 5.41) is 6.67. The molecule has 0 saturated heterocycles. The van der Waals surface area contributed by atoms with Crippen molar-refractivity contribution in [3.8, 4) is 0 Å². The molecule has 0 aliphatic carbocycles. The van der Waals surface area contributed by atoms with Crippen LogP contribution in [-0.4, -0.2) is 5.11 Å². The van der Waals surface area contributed by atoms with E-state index in [-0.39, 0.29) is 5.82 Å². The fourth-order valence-corrected chi connectivity index (χ4v) is 2.30. The quantitative estimate of drug-likeness (QED) is 0.792. The van der Waals surface area contributed by atoms with Gasteiger partial charge in [0.15, 0.2) is 5.11 Å². The Balaban J connectivity index is 2.06. The van der Waals surface area contributed by atoms with Gasteiger partial charge < -0.3 is 10.6 Å². The Kier molecular flexibility index (Phi) is 4.35. The number of halogens is 1. The molecule has 0 unspecified atom stereocenters. The number of nitrogens with one attached hydrogen (secondary N) is 2. The second-order valence-corrected chi connectivity index (χ2v) is 5.33. The van der Waals surface area contributed by atoms with E-state index in [1.54, 1.807) is 19.1 Å². The first-order valence-electron chi connectivity index (χ1n) is 6.36. The summed E-state index contributed by atoms with van der Waals surface area (Å²) in [6.45, 7) is 5.80. The lowest BCUT2D eigenvalue weighted by Crippen LogP contribution is -2.19. The zero-order chi connectivity index (χ0) is 14.7. The van der Waals surface area contributed by atoms with Gasteiger partial charge in [-0.05, 0) is 80.0 Å². The van der Waals surface area contributed by atoms with Gasteiger partial charge in [0.05, 0.1) is 0 Å². The monoisotopic (exact) mass is 288 g/mol. The van der Waals surface area contributed by atoms with Crippen molar-refractivity contribution in [3.05, 3.63) is 58.9 Å². The number of aryl methyl sites for hydroxylation is 3. The molecule has 0 heterocycles. The van der Waals surface area contributed by atoms with E-state index in [9.17, 15) is 4.39 Å². The SMILES string of the molecule is Cc1cc(C)cc(NC(=S)Nc2ccc(F)c(C)c2)c1. The van der Waals surface area contributed by atoms with Crippen molar-refractivity contribution in [1.29, 1.82) is 0 Å². The number of benzene rings is 2. The van der Waals surface area contributed by atoms with Crippen molar-refractivity contribution in [3.63, 3.8) is 0 Å². The highest BCUT2D eigenvalue weighted by Gasteiger charge is 2.02. The summed E-state index contributed by atoms with van der Waals surface area (Å²) >= 11 is 5.26. The molecule has 2 aromatic carbocycles. The Bertz CT molecular complexity index is 633. The molecule has 4 heteroatoms. The lowest BCUT2D eigenvalue weighted by Gasteiger charge is -2.12. The molecule has 20 heavy (non-hydrogen) atoms. The summed E-state index contributed by atoms with van der Waals surface area (Å²) in [6.07, 6.45) is 0. The first kappa shape index (κ1) is 14.5. The largest absolute Gasteiger partial charge is 0.332 e. The lowest BCUT2D eigenvalue weighted by molar-refractivity contribution is 0.619. The summed E-state index contributed by atoms with van der Waals surface area (Å²) in [5.74, 6) is -0.219. The van der Waals surface area contributed by atoms with Crippen LogP contribution in [-0.2, 0) is 0 Å². The van der Waals surface area contributed by atoms with Crippen LogP contribution < -0.4 is 10.6 Å². The summed E-state index contributed by atoms with van der Waals surface area (Å²) in [6, 6.07) is 11.0. The summed E-state index contributed by atoms with van der Waals surface area (Å²) in [5.41, 5.74) is 4.65. The number of hydrogen-bond acceptors (Lipinski definition) is 1. The third-order valence-corrected chi connectivity index (χ3v) is 3.10. The minimum atomic E-state index is -0.219. The highest BCUT2D eigenvalue weighted by molar-refractivity contribution is 7.80. The van der Waals surface area contributed by atoms with Gasteiger partial charge in [0.25, 0.3) is 0 Å². The minimum Gasteiger partial charge on any atom is -0.332 e. The van der Waals surface area contributed by atoms with Gasteiger partial charge in [0.1, 0.15) is 5.82 Å². The van der Waals surface area contributed by atoms with Crippen molar-refractivity contribution in [2.45, 2.75) is 20.8 Å². The second kappa shape index (κ2) is 6.01. The van der Waals surface area contributed by atoms with E-state index >= 15 is 0 Å². The van der Waals surface area contributed by atoms with Crippen LogP contribution in [0.5, 0.6) is 0 Å². The van der Waals surface area contributed by atoms with Crippen LogP contribution in [0.2, 0.25) is 0 Å². The highest BCUT2D eigenvalue weighted by Crippen LogP contribution is 2.16. The van der Waals surface area contributed by atoms with Crippen LogP contribution in [0.3, 0.4) is 0 Å². The Hall–Kier alpha value is -1.94. The van der Waals surface area contributed by atoms with E-state index in [4.69, 9.17) is 12.2 Å². The summed E-state index contributed by atoms with van der Waals surface area (Å²) < 4.78 is 13.2. The molecule has 0 aliphatic rings. The molecular weight excluding hydrogens is 271 g/mol. The van der Waals surface area contributed by atoms with Gasteiger partial charge in [-0.2, -0.15) is 0 Å². The van der Waals surface area contributed by atoms with Crippen LogP contribution in [0, 0.1) is 26.6 Å². The van der Waals surface area contributed by atoms with Crippen LogP contribution in [0.1, 0.15) is 16.7 Å². The van der Waals surface area contributed by atoms with Crippen LogP contribution in [0.25, 0.3) is 0 Å². The molecule has 0 saturated carbocycles. The van der Waals surface area contributed by atoms with Crippen molar-refractivity contribution < 1.29 is 4.39 Å². The molecule has 0 spiro atoms. The molecule has 0 atom stereocenters. The van der Waals surface area contributed by atoms with Gasteiger partial charge in [-0.15, -0.1) is 0 Å². The van der Waals surface area contributed by atoms with E-state index in [1.165, 1.54) is 17.2 Å². The Morgan fingerprint density at radius 2 is 1.50 bits per heavy atom. The van der Waals surface area contributed by atoms with E-state index in [0.29, 0.717) is 10.7 Å². The molecule has 2 N–H and O–H groups in total.